The summed E-state index contributed by atoms with van der Waals surface area (Å²) in [6, 6.07) is 0.0901. The van der Waals surface area contributed by atoms with Gasteiger partial charge in [0, 0.05) is 18.5 Å². The molecule has 0 aromatic carbocycles. The Bertz CT molecular complexity index is 484. The van der Waals surface area contributed by atoms with Crippen LogP contribution >= 0.6 is 11.6 Å². The summed E-state index contributed by atoms with van der Waals surface area (Å²) >= 11 is 5.66. The summed E-state index contributed by atoms with van der Waals surface area (Å²) < 4.78 is 49.0. The molecule has 1 aliphatic carbocycles. The van der Waals surface area contributed by atoms with Crippen molar-refractivity contribution in [3.05, 3.63) is 0 Å². The quantitative estimate of drug-likeness (QED) is 0.696. The van der Waals surface area contributed by atoms with Gasteiger partial charge >= 0.3 is 0 Å². The van der Waals surface area contributed by atoms with E-state index in [1.54, 1.807) is 0 Å². The van der Waals surface area contributed by atoms with Gasteiger partial charge in [-0.1, -0.05) is 0 Å². The van der Waals surface area contributed by atoms with Crippen LogP contribution in [-0.4, -0.2) is 56.4 Å². The van der Waals surface area contributed by atoms with Crippen LogP contribution in [0.1, 0.15) is 25.7 Å². The van der Waals surface area contributed by atoms with E-state index in [-0.39, 0.29) is 36.3 Å². The Kier molecular flexibility index (Phi) is 4.26. The lowest BCUT2D eigenvalue weighted by Crippen LogP contribution is -2.44. The molecule has 5 nitrogen and oxygen atoms in total. The third kappa shape index (κ3) is 3.18. The summed E-state index contributed by atoms with van der Waals surface area (Å²) in [5.41, 5.74) is 0. The first-order valence-electron chi connectivity index (χ1n) is 6.14. The van der Waals surface area contributed by atoms with Crippen LogP contribution in [0.15, 0.2) is 0 Å². The maximum Gasteiger partial charge on any atom is 0.217 e. The van der Waals surface area contributed by atoms with Crippen molar-refractivity contribution < 1.29 is 16.8 Å². The second kappa shape index (κ2) is 5.26. The molecule has 18 heavy (non-hydrogen) atoms. The van der Waals surface area contributed by atoms with E-state index >= 15 is 0 Å². The number of halogens is 1. The lowest BCUT2D eigenvalue weighted by molar-refractivity contribution is 0.409. The number of sulfone groups is 1. The van der Waals surface area contributed by atoms with Gasteiger partial charge in [0.25, 0.3) is 0 Å². The van der Waals surface area contributed by atoms with Crippen LogP contribution in [0.4, 0.5) is 0 Å². The Morgan fingerprint density at radius 3 is 2.11 bits per heavy atom. The molecule has 0 N–H and O–H groups in total. The van der Waals surface area contributed by atoms with Crippen molar-refractivity contribution in [2.75, 3.05) is 23.9 Å². The fourth-order valence-electron chi connectivity index (χ4n) is 2.32. The van der Waals surface area contributed by atoms with E-state index in [0.29, 0.717) is 6.54 Å². The van der Waals surface area contributed by atoms with Gasteiger partial charge in [-0.05, 0) is 25.7 Å². The van der Waals surface area contributed by atoms with Crippen LogP contribution in [0.25, 0.3) is 0 Å². The van der Waals surface area contributed by atoms with Crippen molar-refractivity contribution in [3.63, 3.8) is 0 Å². The summed E-state index contributed by atoms with van der Waals surface area (Å²) in [4.78, 5) is 0. The Balaban J connectivity index is 2.10. The van der Waals surface area contributed by atoms with Crippen LogP contribution in [0.5, 0.6) is 0 Å². The maximum atomic E-state index is 12.4. The molecule has 0 spiro atoms. The minimum Gasteiger partial charge on any atom is -0.229 e. The van der Waals surface area contributed by atoms with E-state index in [0.717, 1.165) is 12.8 Å². The summed E-state index contributed by atoms with van der Waals surface area (Å²) in [6.45, 7) is 0.331. The van der Waals surface area contributed by atoms with Crippen LogP contribution in [0, 0.1) is 0 Å². The van der Waals surface area contributed by atoms with Crippen LogP contribution < -0.4 is 0 Å². The molecule has 0 radical (unpaired) electrons. The third-order valence-corrected chi connectivity index (χ3v) is 7.84. The number of sulfonamides is 1. The standard InChI is InChI=1S/C10H18ClNO4S2/c11-5-6-12(9-1-2-9)18(15,16)10-3-7-17(13,14)8-4-10/h9-10H,1-8H2. The van der Waals surface area contributed by atoms with Gasteiger partial charge in [-0.3, -0.25) is 0 Å². The van der Waals surface area contributed by atoms with Crippen LogP contribution in [0.3, 0.4) is 0 Å². The number of alkyl halides is 1. The van der Waals surface area contributed by atoms with Crippen molar-refractivity contribution >= 4 is 31.5 Å². The lowest BCUT2D eigenvalue weighted by Gasteiger charge is -2.29. The molecule has 0 aromatic heterocycles. The molecule has 0 amide bonds. The van der Waals surface area contributed by atoms with Crippen molar-refractivity contribution in [2.45, 2.75) is 37.0 Å². The molecule has 1 heterocycles. The second-order valence-electron chi connectivity index (χ2n) is 4.93. The zero-order chi connectivity index (χ0) is 13.4. The molecule has 0 unspecified atom stereocenters. The molecule has 0 aromatic rings. The Labute approximate surface area is 113 Å². The zero-order valence-electron chi connectivity index (χ0n) is 10.1. The first kappa shape index (κ1) is 14.6. The highest BCUT2D eigenvalue weighted by Crippen LogP contribution is 2.33. The maximum absolute atomic E-state index is 12.4. The van der Waals surface area contributed by atoms with E-state index in [4.69, 9.17) is 11.6 Å². The van der Waals surface area contributed by atoms with Crippen molar-refractivity contribution in [1.29, 1.82) is 0 Å². The first-order chi connectivity index (χ1) is 8.37. The molecule has 2 rings (SSSR count). The Morgan fingerprint density at radius 1 is 1.11 bits per heavy atom. The summed E-state index contributed by atoms with van der Waals surface area (Å²) in [5, 5.41) is -0.551. The van der Waals surface area contributed by atoms with E-state index in [1.165, 1.54) is 4.31 Å². The number of hydrogen-bond donors (Lipinski definition) is 0. The van der Waals surface area contributed by atoms with Gasteiger partial charge in [-0.2, -0.15) is 4.31 Å². The normalized spacial score (nSPS) is 25.4. The second-order valence-corrected chi connectivity index (χ2v) is 9.77. The molecular formula is C10H18ClNO4S2. The van der Waals surface area contributed by atoms with Crippen molar-refractivity contribution in [2.24, 2.45) is 0 Å². The smallest absolute Gasteiger partial charge is 0.217 e. The van der Waals surface area contributed by atoms with Crippen molar-refractivity contribution in [1.82, 2.24) is 4.31 Å². The average molecular weight is 316 g/mol. The Morgan fingerprint density at radius 2 is 1.67 bits per heavy atom. The molecule has 0 atom stereocenters. The summed E-state index contributed by atoms with van der Waals surface area (Å²) in [5.74, 6) is 0.243. The highest BCUT2D eigenvalue weighted by atomic mass is 35.5. The fourth-order valence-corrected chi connectivity index (χ4v) is 6.58. The highest BCUT2D eigenvalue weighted by Gasteiger charge is 2.42. The number of hydrogen-bond acceptors (Lipinski definition) is 4. The molecule has 0 bridgehead atoms. The lowest BCUT2D eigenvalue weighted by atomic mass is 10.2. The van der Waals surface area contributed by atoms with Crippen LogP contribution in [0.2, 0.25) is 0 Å². The molecule has 1 saturated heterocycles. The molecule has 2 fully saturated rings. The molecule has 106 valence electrons. The van der Waals surface area contributed by atoms with Gasteiger partial charge in [0.2, 0.25) is 10.0 Å². The van der Waals surface area contributed by atoms with Crippen molar-refractivity contribution in [3.8, 4) is 0 Å². The van der Waals surface area contributed by atoms with Gasteiger partial charge in [0.1, 0.15) is 9.84 Å². The van der Waals surface area contributed by atoms with Crippen LogP contribution in [-0.2, 0) is 19.9 Å². The minimum atomic E-state index is -3.39. The molecule has 1 saturated carbocycles. The summed E-state index contributed by atoms with van der Waals surface area (Å²) in [7, 11) is -6.42. The number of rotatable bonds is 5. The monoisotopic (exact) mass is 315 g/mol. The zero-order valence-corrected chi connectivity index (χ0v) is 12.5. The molecule has 1 aliphatic heterocycles. The van der Waals surface area contributed by atoms with E-state index < -0.39 is 25.1 Å². The first-order valence-corrected chi connectivity index (χ1v) is 10.00. The molecule has 8 heteroatoms. The van der Waals surface area contributed by atoms with E-state index in [9.17, 15) is 16.8 Å². The number of nitrogens with zero attached hydrogens (tertiary/aromatic N) is 1. The van der Waals surface area contributed by atoms with E-state index in [2.05, 4.69) is 0 Å². The average Bonchev–Trinajstić information content (AvgIpc) is 3.09. The predicted molar refractivity (Wildman–Crippen MR) is 71.0 cm³/mol. The largest absolute Gasteiger partial charge is 0.229 e. The Hall–Kier alpha value is 0.150. The van der Waals surface area contributed by atoms with E-state index in [1.807, 2.05) is 0 Å². The molecular weight excluding hydrogens is 298 g/mol. The van der Waals surface area contributed by atoms with Gasteiger partial charge in [0.15, 0.2) is 0 Å². The SMILES string of the molecule is O=S1(=O)CCC(S(=O)(=O)N(CCCl)C2CC2)CC1. The highest BCUT2D eigenvalue weighted by molar-refractivity contribution is 7.92. The third-order valence-electron chi connectivity index (χ3n) is 3.51. The van der Waals surface area contributed by atoms with Gasteiger partial charge < -0.3 is 0 Å². The van der Waals surface area contributed by atoms with Gasteiger partial charge in [-0.15, -0.1) is 11.6 Å². The van der Waals surface area contributed by atoms with Gasteiger partial charge in [-0.25, -0.2) is 16.8 Å². The predicted octanol–water partition coefficient (Wildman–Crippen LogP) is 0.597. The topological polar surface area (TPSA) is 71.5 Å². The minimum absolute atomic E-state index is 0.0176. The summed E-state index contributed by atoms with van der Waals surface area (Å²) in [6.07, 6.45) is 2.22. The molecule has 2 aliphatic rings. The van der Waals surface area contributed by atoms with Gasteiger partial charge in [0.05, 0.1) is 16.8 Å². The fraction of sp³-hybridized carbons (Fsp3) is 1.00.